The highest BCUT2D eigenvalue weighted by Gasteiger charge is 2.61. The molecule has 0 N–H and O–H groups in total. The molecular weight excluding hydrogens is 384 g/mol. The van der Waals surface area contributed by atoms with E-state index in [0.717, 1.165) is 11.1 Å². The molecule has 1 aromatic rings. The number of rotatable bonds is 6. The van der Waals surface area contributed by atoms with E-state index in [2.05, 4.69) is 0 Å². The maximum Gasteiger partial charge on any atom is 0.262 e. The smallest absolute Gasteiger partial charge is 0.262 e. The summed E-state index contributed by atoms with van der Waals surface area (Å²) < 4.78 is 5.05. The number of amides is 1. The van der Waals surface area contributed by atoms with E-state index in [9.17, 15) is 9.59 Å². The van der Waals surface area contributed by atoms with Crippen LogP contribution in [0.25, 0.3) is 0 Å². The molecule has 1 atom stereocenters. The number of ketones is 1. The number of hydrogen-bond donors (Lipinski definition) is 0. The van der Waals surface area contributed by atoms with Crippen molar-refractivity contribution in [1.29, 1.82) is 0 Å². The Morgan fingerprint density at radius 2 is 1.82 bits per heavy atom. The Morgan fingerprint density at radius 3 is 2.43 bits per heavy atom. The zero-order valence-corrected chi connectivity index (χ0v) is 17.5. The van der Waals surface area contributed by atoms with Crippen molar-refractivity contribution in [1.82, 2.24) is 10.1 Å². The van der Waals surface area contributed by atoms with Crippen LogP contribution in [-0.2, 0) is 24.0 Å². The Balaban J connectivity index is 2.01. The number of carbonyl (C=O) groups excluding carboxylic acids is 2. The van der Waals surface area contributed by atoms with Gasteiger partial charge in [0.15, 0.2) is 5.78 Å². The van der Waals surface area contributed by atoms with E-state index < -0.39 is 11.5 Å². The van der Waals surface area contributed by atoms with Gasteiger partial charge in [-0.25, -0.2) is 5.06 Å². The molecule has 0 saturated carbocycles. The van der Waals surface area contributed by atoms with Crippen LogP contribution in [0, 0.1) is 13.8 Å². The Morgan fingerprint density at radius 1 is 1.14 bits per heavy atom. The Hall–Kier alpha value is -1.51. The van der Waals surface area contributed by atoms with Crippen molar-refractivity contribution in [2.75, 3.05) is 40.5 Å². The van der Waals surface area contributed by atoms with Crippen LogP contribution in [-0.4, -0.2) is 67.9 Å². The number of halogens is 1. The fraction of sp³-hybridized carbons (Fsp3) is 0.600. The minimum Gasteiger partial charge on any atom is -0.382 e. The first-order chi connectivity index (χ1) is 13.4. The lowest BCUT2D eigenvalue weighted by Crippen LogP contribution is -2.56. The van der Waals surface area contributed by atoms with Crippen LogP contribution in [0.1, 0.15) is 35.4 Å². The van der Waals surface area contributed by atoms with Gasteiger partial charge in [-0.15, -0.1) is 0 Å². The van der Waals surface area contributed by atoms with Gasteiger partial charge in [-0.3, -0.25) is 14.4 Å². The Kier molecular flexibility index (Phi) is 6.41. The number of aryl methyl sites for hydroxylation is 1. The second-order valence-corrected chi connectivity index (χ2v) is 7.71. The number of piperidine rings is 1. The number of nitrogens with zero attached hydrogens (tertiary/aromatic N) is 2. The monoisotopic (exact) mass is 410 g/mol. The highest BCUT2D eigenvalue weighted by Crippen LogP contribution is 2.45. The van der Waals surface area contributed by atoms with Crippen LogP contribution in [0.15, 0.2) is 12.1 Å². The maximum absolute atomic E-state index is 13.7. The van der Waals surface area contributed by atoms with Gasteiger partial charge >= 0.3 is 0 Å². The standard InChI is InChI=1S/C20H27ClN2O5/c1-13-5-6-15(21)14(2)16(13)17-18(24)20(7-9-22(27-4)10-8-20)23(19(17)25)28-12-11-26-3/h5-6,17H,7-12H2,1-4H3. The van der Waals surface area contributed by atoms with Crippen molar-refractivity contribution in [3.8, 4) is 0 Å². The third kappa shape index (κ3) is 3.46. The summed E-state index contributed by atoms with van der Waals surface area (Å²) in [5.41, 5.74) is 1.33. The lowest BCUT2D eigenvalue weighted by molar-refractivity contribution is -0.232. The van der Waals surface area contributed by atoms with E-state index in [0.29, 0.717) is 43.1 Å². The van der Waals surface area contributed by atoms with Gasteiger partial charge in [-0.2, -0.15) is 5.06 Å². The van der Waals surface area contributed by atoms with Gasteiger partial charge in [0.2, 0.25) is 0 Å². The number of Topliss-reactive ketones (excluding diaryl/α,β-unsaturated/α-hetero) is 1. The molecular formula is C20H27ClN2O5. The predicted octanol–water partition coefficient (Wildman–Crippen LogP) is 2.43. The molecule has 1 amide bonds. The molecule has 2 saturated heterocycles. The van der Waals surface area contributed by atoms with Crippen LogP contribution in [0.4, 0.5) is 0 Å². The van der Waals surface area contributed by atoms with E-state index in [1.54, 1.807) is 25.3 Å². The molecule has 2 aliphatic heterocycles. The molecule has 1 aromatic carbocycles. The second-order valence-electron chi connectivity index (χ2n) is 7.30. The largest absolute Gasteiger partial charge is 0.382 e. The lowest BCUT2D eigenvalue weighted by Gasteiger charge is -2.41. The minimum absolute atomic E-state index is 0.126. The number of hydrogen-bond acceptors (Lipinski definition) is 6. The van der Waals surface area contributed by atoms with Gasteiger partial charge in [0, 0.05) is 25.2 Å². The third-order valence-electron chi connectivity index (χ3n) is 5.83. The molecule has 2 fully saturated rings. The molecule has 0 aliphatic carbocycles. The van der Waals surface area contributed by atoms with Gasteiger partial charge < -0.3 is 9.57 Å². The molecule has 0 radical (unpaired) electrons. The first-order valence-corrected chi connectivity index (χ1v) is 9.80. The summed E-state index contributed by atoms with van der Waals surface area (Å²) in [6, 6.07) is 3.64. The first kappa shape index (κ1) is 21.2. The van der Waals surface area contributed by atoms with Gasteiger partial charge in [0.05, 0.1) is 20.3 Å². The molecule has 154 valence electrons. The molecule has 7 nitrogen and oxygen atoms in total. The second kappa shape index (κ2) is 8.47. The molecule has 8 heteroatoms. The molecule has 28 heavy (non-hydrogen) atoms. The number of ether oxygens (including phenoxy) is 1. The van der Waals surface area contributed by atoms with Crippen molar-refractivity contribution in [2.45, 2.75) is 38.1 Å². The van der Waals surface area contributed by atoms with Gasteiger partial charge in [0.1, 0.15) is 11.5 Å². The topological polar surface area (TPSA) is 68.3 Å². The van der Waals surface area contributed by atoms with Crippen LogP contribution in [0.5, 0.6) is 0 Å². The summed E-state index contributed by atoms with van der Waals surface area (Å²) in [5.74, 6) is -1.37. The minimum atomic E-state index is -0.994. The molecule has 0 bridgehead atoms. The van der Waals surface area contributed by atoms with Crippen molar-refractivity contribution in [3.63, 3.8) is 0 Å². The SMILES string of the molecule is COCCON1C(=O)C(c2c(C)ccc(Cl)c2C)C(=O)C12CCN(OC)CC2. The summed E-state index contributed by atoms with van der Waals surface area (Å²) in [6.07, 6.45) is 0.904. The zero-order chi connectivity index (χ0) is 20.5. The van der Waals surface area contributed by atoms with Gasteiger partial charge in [-0.1, -0.05) is 17.7 Å². The van der Waals surface area contributed by atoms with Crippen molar-refractivity contribution >= 4 is 23.3 Å². The first-order valence-electron chi connectivity index (χ1n) is 9.42. The predicted molar refractivity (Wildman–Crippen MR) is 104 cm³/mol. The molecule has 1 spiro atoms. The normalized spacial score (nSPS) is 22.5. The molecule has 0 aromatic heterocycles. The number of methoxy groups -OCH3 is 1. The zero-order valence-electron chi connectivity index (χ0n) is 16.8. The summed E-state index contributed by atoms with van der Waals surface area (Å²) in [6.45, 7) is 5.36. The average molecular weight is 411 g/mol. The van der Waals surface area contributed by atoms with Crippen molar-refractivity contribution in [2.24, 2.45) is 0 Å². The molecule has 1 unspecified atom stereocenters. The highest BCUT2D eigenvalue weighted by molar-refractivity contribution is 6.31. The van der Waals surface area contributed by atoms with Crippen molar-refractivity contribution < 1.29 is 24.0 Å². The number of carbonyl (C=O) groups is 2. The average Bonchev–Trinajstić information content (AvgIpc) is 2.88. The summed E-state index contributed by atoms with van der Waals surface area (Å²) in [7, 11) is 3.17. The third-order valence-corrected chi connectivity index (χ3v) is 6.24. The van der Waals surface area contributed by atoms with E-state index in [-0.39, 0.29) is 18.3 Å². The molecule has 2 aliphatic rings. The van der Waals surface area contributed by atoms with E-state index in [1.807, 2.05) is 19.9 Å². The highest BCUT2D eigenvalue weighted by atomic mass is 35.5. The van der Waals surface area contributed by atoms with E-state index in [1.165, 1.54) is 5.06 Å². The number of hydroxylamine groups is 4. The molecule has 2 heterocycles. The fourth-order valence-electron chi connectivity index (χ4n) is 4.23. The summed E-state index contributed by atoms with van der Waals surface area (Å²) in [5, 5.41) is 3.65. The molecule has 3 rings (SSSR count). The number of benzene rings is 1. The van der Waals surface area contributed by atoms with Gasteiger partial charge in [0.25, 0.3) is 5.91 Å². The maximum atomic E-state index is 13.7. The van der Waals surface area contributed by atoms with E-state index in [4.69, 9.17) is 26.0 Å². The Bertz CT molecular complexity index is 761. The fourth-order valence-corrected chi connectivity index (χ4v) is 4.40. The van der Waals surface area contributed by atoms with Crippen LogP contribution >= 0.6 is 11.6 Å². The van der Waals surface area contributed by atoms with Gasteiger partial charge in [-0.05, 0) is 49.4 Å². The summed E-state index contributed by atoms with van der Waals surface area (Å²) >= 11 is 6.31. The Labute approximate surface area is 170 Å². The van der Waals surface area contributed by atoms with E-state index >= 15 is 0 Å². The van der Waals surface area contributed by atoms with Crippen LogP contribution < -0.4 is 0 Å². The van der Waals surface area contributed by atoms with Crippen molar-refractivity contribution in [3.05, 3.63) is 33.8 Å². The lowest BCUT2D eigenvalue weighted by atomic mass is 9.79. The summed E-state index contributed by atoms with van der Waals surface area (Å²) in [4.78, 5) is 38.2. The van der Waals surface area contributed by atoms with Crippen LogP contribution in [0.2, 0.25) is 5.02 Å². The van der Waals surface area contributed by atoms with Crippen LogP contribution in [0.3, 0.4) is 0 Å². The quantitative estimate of drug-likeness (QED) is 0.530.